The summed E-state index contributed by atoms with van der Waals surface area (Å²) in [5.41, 5.74) is 0.556. The Morgan fingerprint density at radius 2 is 2.10 bits per heavy atom. The molecule has 0 saturated heterocycles. The molecule has 6 heteroatoms. The van der Waals surface area contributed by atoms with Crippen LogP contribution in [-0.2, 0) is 15.6 Å². The van der Waals surface area contributed by atoms with Crippen LogP contribution in [0.15, 0.2) is 45.9 Å². The van der Waals surface area contributed by atoms with Crippen LogP contribution in [0.3, 0.4) is 0 Å². The lowest BCUT2D eigenvalue weighted by atomic mass is 10.3. The number of ether oxygens (including phenoxy) is 1. The molecule has 0 fully saturated rings. The molecule has 0 spiro atoms. The van der Waals surface area contributed by atoms with E-state index in [0.717, 1.165) is 0 Å². The topological polar surface area (TPSA) is 68.5 Å². The summed E-state index contributed by atoms with van der Waals surface area (Å²) in [6.07, 6.45) is 1.46. The zero-order chi connectivity index (χ0) is 14.5. The molecule has 2 rings (SSSR count). The van der Waals surface area contributed by atoms with Crippen LogP contribution in [0, 0.1) is 6.92 Å². The van der Waals surface area contributed by atoms with Crippen molar-refractivity contribution in [2.75, 3.05) is 18.2 Å². The monoisotopic (exact) mass is 293 g/mol. The van der Waals surface area contributed by atoms with Crippen molar-refractivity contribution in [2.45, 2.75) is 11.8 Å². The van der Waals surface area contributed by atoms with E-state index in [1.807, 2.05) is 6.07 Å². The fourth-order valence-electron chi connectivity index (χ4n) is 1.74. The first-order valence-electron chi connectivity index (χ1n) is 5.97. The molecule has 1 atom stereocenters. The lowest BCUT2D eigenvalue weighted by Crippen LogP contribution is -2.20. The maximum Gasteiger partial charge on any atom is 0.237 e. The van der Waals surface area contributed by atoms with Crippen molar-refractivity contribution >= 4 is 22.4 Å². The highest BCUT2D eigenvalue weighted by Crippen LogP contribution is 2.23. The van der Waals surface area contributed by atoms with Gasteiger partial charge in [0.15, 0.2) is 0 Å². The summed E-state index contributed by atoms with van der Waals surface area (Å²) in [5, 5.41) is 2.69. The Morgan fingerprint density at radius 3 is 2.75 bits per heavy atom. The Kier molecular flexibility index (Phi) is 4.57. The molecule has 1 heterocycles. The van der Waals surface area contributed by atoms with E-state index in [0.29, 0.717) is 22.1 Å². The molecular weight excluding hydrogens is 278 g/mol. The molecule has 0 bridgehead atoms. The van der Waals surface area contributed by atoms with Crippen molar-refractivity contribution in [3.05, 3.63) is 42.4 Å². The molecule has 1 aromatic heterocycles. The van der Waals surface area contributed by atoms with E-state index in [4.69, 9.17) is 9.15 Å². The van der Waals surface area contributed by atoms with Gasteiger partial charge in [0.05, 0.1) is 34.8 Å². The van der Waals surface area contributed by atoms with Gasteiger partial charge in [0.2, 0.25) is 5.91 Å². The van der Waals surface area contributed by atoms with Gasteiger partial charge in [-0.2, -0.15) is 0 Å². The maximum absolute atomic E-state index is 12.0. The largest absolute Gasteiger partial charge is 0.495 e. The van der Waals surface area contributed by atoms with Gasteiger partial charge in [0, 0.05) is 0 Å². The number of hydrogen-bond acceptors (Lipinski definition) is 4. The van der Waals surface area contributed by atoms with Gasteiger partial charge >= 0.3 is 0 Å². The fraction of sp³-hybridized carbons (Fsp3) is 0.214. The third-order valence-electron chi connectivity index (χ3n) is 2.70. The van der Waals surface area contributed by atoms with E-state index in [2.05, 4.69) is 5.32 Å². The summed E-state index contributed by atoms with van der Waals surface area (Å²) in [4.78, 5) is 12.4. The van der Waals surface area contributed by atoms with E-state index < -0.39 is 10.8 Å². The lowest BCUT2D eigenvalue weighted by molar-refractivity contribution is -0.113. The predicted octanol–water partition coefficient (Wildman–Crippen LogP) is 2.34. The number of benzene rings is 1. The summed E-state index contributed by atoms with van der Waals surface area (Å²) in [7, 11) is 0.103. The van der Waals surface area contributed by atoms with Crippen LogP contribution in [0.2, 0.25) is 0 Å². The third-order valence-corrected chi connectivity index (χ3v) is 4.14. The van der Waals surface area contributed by atoms with Gasteiger partial charge in [0.25, 0.3) is 0 Å². The number of furan rings is 1. The number of anilines is 1. The highest BCUT2D eigenvalue weighted by molar-refractivity contribution is 7.85. The molecule has 106 valence electrons. The molecule has 5 nitrogen and oxygen atoms in total. The van der Waals surface area contributed by atoms with Crippen LogP contribution in [-0.4, -0.2) is 23.0 Å². The van der Waals surface area contributed by atoms with Crippen LogP contribution >= 0.6 is 0 Å². The number of hydrogen-bond donors (Lipinski definition) is 1. The van der Waals surface area contributed by atoms with Gasteiger partial charge < -0.3 is 14.5 Å². The average molecular weight is 293 g/mol. The highest BCUT2D eigenvalue weighted by atomic mass is 32.2. The van der Waals surface area contributed by atoms with Crippen molar-refractivity contribution in [1.29, 1.82) is 0 Å². The minimum atomic E-state index is -1.42. The number of carbonyl (C=O) groups excluding carboxylic acids is 1. The molecular formula is C14H15NO4S. The number of methoxy groups -OCH3 is 1. The number of aryl methyl sites for hydroxylation is 1. The number of rotatable bonds is 5. The van der Waals surface area contributed by atoms with Crippen LogP contribution in [0.5, 0.6) is 5.75 Å². The Balaban J connectivity index is 2.03. The Labute approximate surface area is 119 Å². The average Bonchev–Trinajstić information content (AvgIpc) is 2.85. The molecule has 0 saturated carbocycles. The van der Waals surface area contributed by atoms with Gasteiger partial charge in [-0.05, 0) is 25.1 Å². The van der Waals surface area contributed by atoms with Crippen LogP contribution in [0.4, 0.5) is 5.69 Å². The first kappa shape index (κ1) is 14.3. The first-order chi connectivity index (χ1) is 9.61. The highest BCUT2D eigenvalue weighted by Gasteiger charge is 2.15. The van der Waals surface area contributed by atoms with Gasteiger partial charge in [-0.3, -0.25) is 9.00 Å². The molecule has 1 aromatic carbocycles. The number of amides is 1. The van der Waals surface area contributed by atoms with E-state index in [9.17, 15) is 9.00 Å². The smallest absolute Gasteiger partial charge is 0.237 e. The molecule has 1 unspecified atom stereocenters. The summed E-state index contributed by atoms with van der Waals surface area (Å²) >= 11 is 0. The van der Waals surface area contributed by atoms with Gasteiger partial charge in [-0.15, -0.1) is 0 Å². The molecule has 0 aliphatic heterocycles. The van der Waals surface area contributed by atoms with E-state index in [1.165, 1.54) is 13.4 Å². The standard InChI is InChI=1S/C14H15NO4S/c1-10-13(7-8-19-10)20(17)9-14(16)15-11-5-3-4-6-12(11)18-2/h3-8H,9H2,1-2H3,(H,15,16). The normalized spacial score (nSPS) is 11.9. The minimum absolute atomic E-state index is 0.127. The van der Waals surface area contributed by atoms with Crippen LogP contribution in [0.25, 0.3) is 0 Å². The SMILES string of the molecule is COc1ccccc1NC(=O)CS(=O)c1ccoc1C. The summed E-state index contributed by atoms with van der Waals surface area (Å²) in [5.74, 6) is 0.659. The Bertz CT molecular complexity index is 636. The van der Waals surface area contributed by atoms with Crippen molar-refractivity contribution in [3.8, 4) is 5.75 Å². The molecule has 1 amide bonds. The zero-order valence-corrected chi connectivity index (χ0v) is 12.0. The fourth-order valence-corrected chi connectivity index (χ4v) is 2.78. The van der Waals surface area contributed by atoms with Gasteiger partial charge in [0.1, 0.15) is 17.3 Å². The van der Waals surface area contributed by atoms with Crippen molar-refractivity contribution in [1.82, 2.24) is 0 Å². The summed E-state index contributed by atoms with van der Waals surface area (Å²) < 4.78 is 22.3. The number of nitrogens with one attached hydrogen (secondary N) is 1. The van der Waals surface area contributed by atoms with E-state index >= 15 is 0 Å². The van der Waals surface area contributed by atoms with E-state index in [1.54, 1.807) is 31.2 Å². The van der Waals surface area contributed by atoms with Crippen LogP contribution in [0.1, 0.15) is 5.76 Å². The van der Waals surface area contributed by atoms with Crippen molar-refractivity contribution in [2.24, 2.45) is 0 Å². The van der Waals surface area contributed by atoms with E-state index in [-0.39, 0.29) is 11.7 Å². The molecule has 1 N–H and O–H groups in total. The Hall–Kier alpha value is -2.08. The second-order valence-corrected chi connectivity index (χ2v) is 5.50. The molecule has 2 aromatic rings. The first-order valence-corrected chi connectivity index (χ1v) is 7.29. The molecule has 20 heavy (non-hydrogen) atoms. The maximum atomic E-state index is 12.0. The van der Waals surface area contributed by atoms with Crippen molar-refractivity contribution < 1.29 is 18.2 Å². The summed E-state index contributed by atoms with van der Waals surface area (Å²) in [6, 6.07) is 8.67. The third kappa shape index (κ3) is 3.27. The van der Waals surface area contributed by atoms with Gasteiger partial charge in [-0.25, -0.2) is 0 Å². The second kappa shape index (κ2) is 6.38. The number of para-hydroxylation sites is 2. The predicted molar refractivity (Wildman–Crippen MR) is 76.3 cm³/mol. The molecule has 0 radical (unpaired) electrons. The Morgan fingerprint density at radius 1 is 1.35 bits per heavy atom. The van der Waals surface area contributed by atoms with Gasteiger partial charge in [-0.1, -0.05) is 12.1 Å². The van der Waals surface area contributed by atoms with Crippen molar-refractivity contribution in [3.63, 3.8) is 0 Å². The summed E-state index contributed by atoms with van der Waals surface area (Å²) in [6.45, 7) is 1.71. The quantitative estimate of drug-likeness (QED) is 0.918. The lowest BCUT2D eigenvalue weighted by Gasteiger charge is -2.09. The van der Waals surface area contributed by atoms with Crippen LogP contribution < -0.4 is 10.1 Å². The number of carbonyl (C=O) groups is 1. The molecule has 0 aliphatic carbocycles. The molecule has 0 aliphatic rings. The minimum Gasteiger partial charge on any atom is -0.495 e. The zero-order valence-electron chi connectivity index (χ0n) is 11.2. The second-order valence-electron chi connectivity index (χ2n) is 4.08.